The molecule has 9 heavy (non-hydrogen) atoms. The Morgan fingerprint density at radius 1 is 1.67 bits per heavy atom. The van der Waals surface area contributed by atoms with E-state index in [1.54, 1.807) is 6.07 Å². The molecule has 0 fully saturated rings. The molecule has 1 aromatic rings. The van der Waals surface area contributed by atoms with Gasteiger partial charge < -0.3 is 0 Å². The van der Waals surface area contributed by atoms with Crippen LogP contribution in [-0.4, -0.2) is 8.81 Å². The zero-order chi connectivity index (χ0) is 6.85. The highest BCUT2D eigenvalue weighted by Crippen LogP contribution is 1.99. The van der Waals surface area contributed by atoms with E-state index in [9.17, 15) is 4.79 Å². The average Bonchev–Trinajstić information content (AvgIpc) is 1.83. The van der Waals surface area contributed by atoms with Crippen molar-refractivity contribution in [1.82, 2.24) is 8.81 Å². The lowest BCUT2D eigenvalue weighted by Crippen LogP contribution is -2.14. The van der Waals surface area contributed by atoms with E-state index in [0.717, 1.165) is 3.71 Å². The van der Waals surface area contributed by atoms with Crippen molar-refractivity contribution in [1.29, 1.82) is 0 Å². The maximum Gasteiger partial charge on any atom is 0.291 e. The second kappa shape index (κ2) is 2.62. The molecule has 48 valence electrons. The summed E-state index contributed by atoms with van der Waals surface area (Å²) in [6.45, 7) is 0. The third-order valence-corrected chi connectivity index (χ3v) is 1.87. The van der Waals surface area contributed by atoms with Crippen molar-refractivity contribution in [2.45, 2.75) is 0 Å². The Balaban J connectivity index is 3.43. The molecule has 5 heteroatoms. The molecule has 0 aromatic carbocycles. The standard InChI is InChI=1S/C4H2Br2N2O/c5-3-1-2-7-8(6)4(3)9/h1-2H. The maximum absolute atomic E-state index is 10.8. The number of hydrogen-bond donors (Lipinski definition) is 0. The molecule has 0 amide bonds. The van der Waals surface area contributed by atoms with E-state index in [0.29, 0.717) is 4.47 Å². The second-order valence-electron chi connectivity index (χ2n) is 1.34. The lowest BCUT2D eigenvalue weighted by Gasteiger charge is -1.89. The molecule has 0 bridgehead atoms. The van der Waals surface area contributed by atoms with Gasteiger partial charge in [-0.2, -0.15) is 8.81 Å². The Kier molecular flexibility index (Phi) is 2.02. The van der Waals surface area contributed by atoms with E-state index in [1.165, 1.54) is 6.20 Å². The van der Waals surface area contributed by atoms with Gasteiger partial charge in [0.05, 0.1) is 20.6 Å². The fraction of sp³-hybridized carbons (Fsp3) is 0. The number of hydrogen-bond acceptors (Lipinski definition) is 2. The first-order valence-electron chi connectivity index (χ1n) is 2.12. The van der Waals surface area contributed by atoms with Gasteiger partial charge in [0.1, 0.15) is 0 Å². The number of nitrogens with zero attached hydrogens (tertiary/aromatic N) is 2. The monoisotopic (exact) mass is 252 g/mol. The number of rotatable bonds is 0. The molecule has 0 aliphatic carbocycles. The van der Waals surface area contributed by atoms with E-state index in [1.807, 2.05) is 0 Å². The van der Waals surface area contributed by atoms with Crippen molar-refractivity contribution in [3.05, 3.63) is 27.1 Å². The summed E-state index contributed by atoms with van der Waals surface area (Å²) in [6.07, 6.45) is 1.51. The van der Waals surface area contributed by atoms with Crippen molar-refractivity contribution in [3.8, 4) is 0 Å². The van der Waals surface area contributed by atoms with E-state index < -0.39 is 0 Å². The first kappa shape index (κ1) is 6.95. The summed E-state index contributed by atoms with van der Waals surface area (Å²) in [7, 11) is 0. The minimum absolute atomic E-state index is 0.197. The highest BCUT2D eigenvalue weighted by atomic mass is 79.9. The van der Waals surface area contributed by atoms with E-state index in [2.05, 4.69) is 37.2 Å². The second-order valence-corrected chi connectivity index (χ2v) is 2.87. The summed E-state index contributed by atoms with van der Waals surface area (Å²) >= 11 is 5.95. The summed E-state index contributed by atoms with van der Waals surface area (Å²) in [4.78, 5) is 10.8. The third-order valence-electron chi connectivity index (χ3n) is 0.761. The van der Waals surface area contributed by atoms with Crippen molar-refractivity contribution in [2.24, 2.45) is 0 Å². The van der Waals surface area contributed by atoms with E-state index in [4.69, 9.17) is 0 Å². The van der Waals surface area contributed by atoms with E-state index >= 15 is 0 Å². The zero-order valence-electron chi connectivity index (χ0n) is 4.21. The normalized spacial score (nSPS) is 9.56. The molecular weight excluding hydrogens is 252 g/mol. The highest BCUT2D eigenvalue weighted by molar-refractivity contribution is 9.10. The quantitative estimate of drug-likeness (QED) is 0.696. The van der Waals surface area contributed by atoms with Gasteiger partial charge in [-0.05, 0) is 22.0 Å². The number of halogens is 2. The molecule has 1 rings (SSSR count). The molecular formula is C4H2Br2N2O. The van der Waals surface area contributed by atoms with Gasteiger partial charge >= 0.3 is 0 Å². The van der Waals surface area contributed by atoms with Gasteiger partial charge in [-0.15, -0.1) is 0 Å². The molecule has 0 atom stereocenters. The van der Waals surface area contributed by atoms with Crippen LogP contribution in [0.25, 0.3) is 0 Å². The predicted octanol–water partition coefficient (Wildman–Crippen LogP) is 1.16. The highest BCUT2D eigenvalue weighted by Gasteiger charge is 1.94. The third kappa shape index (κ3) is 1.40. The van der Waals surface area contributed by atoms with Crippen molar-refractivity contribution in [2.75, 3.05) is 0 Å². The summed E-state index contributed by atoms with van der Waals surface area (Å²) in [5, 5.41) is 3.63. The topological polar surface area (TPSA) is 34.9 Å². The molecule has 0 unspecified atom stereocenters. The molecule has 0 saturated carbocycles. The van der Waals surface area contributed by atoms with E-state index in [-0.39, 0.29) is 5.56 Å². The van der Waals surface area contributed by atoms with Gasteiger partial charge in [0.25, 0.3) is 5.56 Å². The van der Waals surface area contributed by atoms with Gasteiger partial charge in [0.2, 0.25) is 0 Å². The van der Waals surface area contributed by atoms with Crippen molar-refractivity contribution >= 4 is 32.1 Å². The maximum atomic E-state index is 10.8. The summed E-state index contributed by atoms with van der Waals surface area (Å²) in [5.74, 6) is 0. The largest absolute Gasteiger partial charge is 0.291 e. The lowest BCUT2D eigenvalue weighted by molar-refractivity contribution is 0.928. The average molecular weight is 254 g/mol. The molecule has 1 aromatic heterocycles. The first-order valence-corrected chi connectivity index (χ1v) is 3.62. The van der Waals surface area contributed by atoms with Crippen molar-refractivity contribution < 1.29 is 0 Å². The number of aromatic nitrogens is 2. The minimum atomic E-state index is -0.197. The summed E-state index contributed by atoms with van der Waals surface area (Å²) < 4.78 is 1.58. The Labute approximate surface area is 68.2 Å². The van der Waals surface area contributed by atoms with Crippen LogP contribution in [0.5, 0.6) is 0 Å². The van der Waals surface area contributed by atoms with Crippen molar-refractivity contribution in [3.63, 3.8) is 0 Å². The van der Waals surface area contributed by atoms with Crippen LogP contribution in [-0.2, 0) is 0 Å². The van der Waals surface area contributed by atoms with Gasteiger partial charge in [0.15, 0.2) is 0 Å². The molecule has 1 heterocycles. The smallest absolute Gasteiger partial charge is 0.266 e. The Bertz CT molecular complexity index is 246. The van der Waals surface area contributed by atoms with Gasteiger partial charge in [0, 0.05) is 6.20 Å². The molecule has 0 saturated heterocycles. The predicted molar refractivity (Wildman–Crippen MR) is 40.5 cm³/mol. The van der Waals surface area contributed by atoms with Crippen LogP contribution in [0.2, 0.25) is 0 Å². The van der Waals surface area contributed by atoms with Gasteiger partial charge in [-0.3, -0.25) is 4.79 Å². The molecule has 0 spiro atoms. The lowest BCUT2D eigenvalue weighted by atomic mass is 10.6. The first-order chi connectivity index (χ1) is 4.22. The van der Waals surface area contributed by atoms with Crippen LogP contribution >= 0.6 is 32.1 Å². The van der Waals surface area contributed by atoms with Gasteiger partial charge in [-0.25, -0.2) is 0 Å². The molecule has 0 N–H and O–H groups in total. The fourth-order valence-electron chi connectivity index (χ4n) is 0.369. The Morgan fingerprint density at radius 2 is 2.33 bits per heavy atom. The van der Waals surface area contributed by atoms with Crippen LogP contribution in [0.3, 0.4) is 0 Å². The van der Waals surface area contributed by atoms with Crippen LogP contribution < -0.4 is 5.56 Å². The minimum Gasteiger partial charge on any atom is -0.266 e. The van der Waals surface area contributed by atoms with Crippen LogP contribution in [0, 0.1) is 0 Å². The fourth-order valence-corrected chi connectivity index (χ4v) is 1.19. The van der Waals surface area contributed by atoms with Gasteiger partial charge in [-0.1, -0.05) is 0 Å². The molecule has 0 aliphatic rings. The van der Waals surface area contributed by atoms with Crippen LogP contribution in [0.1, 0.15) is 0 Å². The summed E-state index contributed by atoms with van der Waals surface area (Å²) in [5.41, 5.74) is -0.197. The summed E-state index contributed by atoms with van der Waals surface area (Å²) in [6, 6.07) is 1.58. The SMILES string of the molecule is O=c1c(Br)ccnn1Br. The van der Waals surface area contributed by atoms with Crippen LogP contribution in [0.15, 0.2) is 21.5 Å². The Morgan fingerprint density at radius 3 is 2.78 bits per heavy atom. The zero-order valence-corrected chi connectivity index (χ0v) is 7.39. The molecule has 3 nitrogen and oxygen atoms in total. The van der Waals surface area contributed by atoms with Crippen LogP contribution in [0.4, 0.5) is 0 Å². The molecule has 0 radical (unpaired) electrons. The molecule has 0 aliphatic heterocycles. The Hall–Kier alpha value is -0.160.